The Hall–Kier alpha value is -0.820. The van der Waals surface area contributed by atoms with Crippen LogP contribution in [0.5, 0.6) is 0 Å². The number of benzene rings is 1. The first-order valence-electron chi connectivity index (χ1n) is 5.91. The van der Waals surface area contributed by atoms with Gasteiger partial charge in [-0.3, -0.25) is 0 Å². The minimum Gasteiger partial charge on any atom is -0.302 e. The third-order valence-electron chi connectivity index (χ3n) is 4.57. The Bertz CT molecular complexity index is 381. The number of nitrogens with zero attached hydrogens (tertiary/aromatic N) is 1. The van der Waals surface area contributed by atoms with Crippen molar-refractivity contribution in [3.63, 3.8) is 0 Å². The lowest BCUT2D eigenvalue weighted by Crippen LogP contribution is -2.27. The zero-order valence-corrected chi connectivity index (χ0v) is 9.83. The van der Waals surface area contributed by atoms with Crippen molar-refractivity contribution in [1.82, 2.24) is 4.90 Å². The highest BCUT2D eigenvalue weighted by atomic mass is 15.2. The largest absolute Gasteiger partial charge is 0.302 e. The van der Waals surface area contributed by atoms with Gasteiger partial charge < -0.3 is 4.90 Å². The van der Waals surface area contributed by atoms with Gasteiger partial charge in [-0.25, -0.2) is 0 Å². The molecule has 1 aromatic carbocycles. The normalized spacial score (nSPS) is 39.1. The van der Waals surface area contributed by atoms with Gasteiger partial charge in [0, 0.05) is 18.0 Å². The summed E-state index contributed by atoms with van der Waals surface area (Å²) >= 11 is 0. The highest BCUT2D eigenvalue weighted by Gasteiger charge is 2.63. The summed E-state index contributed by atoms with van der Waals surface area (Å²) in [6, 6.07) is 9.94. The highest BCUT2D eigenvalue weighted by molar-refractivity contribution is 5.39. The third-order valence-corrected chi connectivity index (χ3v) is 4.57. The Labute approximate surface area is 92.1 Å². The van der Waals surface area contributed by atoms with Crippen LogP contribution in [0.2, 0.25) is 0 Å². The molecule has 3 rings (SSSR count). The number of hydrogen-bond acceptors (Lipinski definition) is 1. The zero-order valence-electron chi connectivity index (χ0n) is 9.83. The molecule has 0 N–H and O–H groups in total. The van der Waals surface area contributed by atoms with Crippen molar-refractivity contribution < 1.29 is 0 Å². The second-order valence-electron chi connectivity index (χ2n) is 5.49. The minimum absolute atomic E-state index is 0.516. The summed E-state index contributed by atoms with van der Waals surface area (Å²) in [6.07, 6.45) is 1.40. The minimum atomic E-state index is 0.516. The fourth-order valence-corrected chi connectivity index (χ4v) is 3.35. The quantitative estimate of drug-likeness (QED) is 0.675. The van der Waals surface area contributed by atoms with E-state index in [2.05, 4.69) is 50.1 Å². The topological polar surface area (TPSA) is 3.24 Å². The Morgan fingerprint density at radius 3 is 2.47 bits per heavy atom. The second-order valence-corrected chi connectivity index (χ2v) is 5.49. The SMILES string of the molecule is Cc1ccc(C23CC2C(C)N(C)C3)cc1. The van der Waals surface area contributed by atoms with Crippen LogP contribution < -0.4 is 0 Å². The van der Waals surface area contributed by atoms with Crippen molar-refractivity contribution in [2.75, 3.05) is 13.6 Å². The van der Waals surface area contributed by atoms with Gasteiger partial charge in [0.2, 0.25) is 0 Å². The van der Waals surface area contributed by atoms with Gasteiger partial charge in [0.25, 0.3) is 0 Å². The van der Waals surface area contributed by atoms with Crippen LogP contribution in [0.15, 0.2) is 24.3 Å². The van der Waals surface area contributed by atoms with Gasteiger partial charge in [0.15, 0.2) is 0 Å². The monoisotopic (exact) mass is 201 g/mol. The molecule has 1 aliphatic carbocycles. The van der Waals surface area contributed by atoms with Gasteiger partial charge in [0.1, 0.15) is 0 Å². The van der Waals surface area contributed by atoms with Crippen LogP contribution in [0.3, 0.4) is 0 Å². The lowest BCUT2D eigenvalue weighted by atomic mass is 9.94. The van der Waals surface area contributed by atoms with E-state index in [9.17, 15) is 0 Å². The molecule has 0 amide bonds. The van der Waals surface area contributed by atoms with Gasteiger partial charge in [-0.1, -0.05) is 29.8 Å². The molecule has 1 saturated heterocycles. The fraction of sp³-hybridized carbons (Fsp3) is 0.571. The Morgan fingerprint density at radius 2 is 1.93 bits per heavy atom. The van der Waals surface area contributed by atoms with Crippen molar-refractivity contribution in [3.05, 3.63) is 35.4 Å². The Balaban J connectivity index is 1.94. The molecule has 0 bridgehead atoms. The molecule has 2 fully saturated rings. The fourth-order valence-electron chi connectivity index (χ4n) is 3.35. The average molecular weight is 201 g/mol. The summed E-state index contributed by atoms with van der Waals surface area (Å²) in [5.41, 5.74) is 3.45. The Kier molecular flexibility index (Phi) is 1.79. The van der Waals surface area contributed by atoms with Crippen LogP contribution >= 0.6 is 0 Å². The van der Waals surface area contributed by atoms with Gasteiger partial charge >= 0.3 is 0 Å². The zero-order chi connectivity index (χ0) is 10.6. The van der Waals surface area contributed by atoms with Crippen LogP contribution in [-0.4, -0.2) is 24.5 Å². The molecule has 0 spiro atoms. The van der Waals surface area contributed by atoms with Gasteiger partial charge in [-0.15, -0.1) is 0 Å². The molecule has 1 saturated carbocycles. The Morgan fingerprint density at radius 1 is 1.27 bits per heavy atom. The van der Waals surface area contributed by atoms with Crippen molar-refractivity contribution in [1.29, 1.82) is 0 Å². The van der Waals surface area contributed by atoms with E-state index in [1.54, 1.807) is 5.56 Å². The molecule has 3 unspecified atom stereocenters. The molecular weight excluding hydrogens is 182 g/mol. The molecule has 0 aromatic heterocycles. The van der Waals surface area contributed by atoms with Crippen molar-refractivity contribution >= 4 is 0 Å². The molecule has 2 aliphatic rings. The number of rotatable bonds is 1. The van der Waals surface area contributed by atoms with E-state index >= 15 is 0 Å². The lowest BCUT2D eigenvalue weighted by Gasteiger charge is -2.19. The van der Waals surface area contributed by atoms with E-state index < -0.39 is 0 Å². The molecule has 0 radical (unpaired) electrons. The molecule has 3 atom stereocenters. The van der Waals surface area contributed by atoms with Crippen LogP contribution in [0, 0.1) is 12.8 Å². The standard InChI is InChI=1S/C14H19N/c1-10-4-6-12(7-5-10)14-8-13(14)11(2)15(3)9-14/h4-7,11,13H,8-9H2,1-3H3. The maximum Gasteiger partial charge on any atom is 0.0127 e. The number of fused-ring (bicyclic) bond motifs is 1. The van der Waals surface area contributed by atoms with Crippen molar-refractivity contribution in [3.8, 4) is 0 Å². The predicted octanol–water partition coefficient (Wildman–Crippen LogP) is 2.59. The molecule has 15 heavy (non-hydrogen) atoms. The number of likely N-dealkylation sites (tertiary alicyclic amines) is 1. The second kappa shape index (κ2) is 2.85. The predicted molar refractivity (Wildman–Crippen MR) is 63.1 cm³/mol. The summed E-state index contributed by atoms with van der Waals surface area (Å²) in [5, 5.41) is 0. The van der Waals surface area contributed by atoms with Crippen LogP contribution in [0.1, 0.15) is 24.5 Å². The van der Waals surface area contributed by atoms with Crippen molar-refractivity contribution in [2.24, 2.45) is 5.92 Å². The molecule has 1 heterocycles. The number of piperidine rings is 1. The summed E-state index contributed by atoms with van der Waals surface area (Å²) < 4.78 is 0. The summed E-state index contributed by atoms with van der Waals surface area (Å²) in [4.78, 5) is 2.51. The van der Waals surface area contributed by atoms with Crippen LogP contribution in [-0.2, 0) is 5.41 Å². The van der Waals surface area contributed by atoms with E-state index in [4.69, 9.17) is 0 Å². The lowest BCUT2D eigenvalue weighted by molar-refractivity contribution is 0.284. The van der Waals surface area contributed by atoms with Gasteiger partial charge in [-0.05, 0) is 38.8 Å². The van der Waals surface area contributed by atoms with Crippen LogP contribution in [0.4, 0.5) is 0 Å². The van der Waals surface area contributed by atoms with Gasteiger partial charge in [-0.2, -0.15) is 0 Å². The number of aryl methyl sites for hydroxylation is 1. The summed E-state index contributed by atoms with van der Waals surface area (Å²) in [7, 11) is 2.26. The van der Waals surface area contributed by atoms with Crippen LogP contribution in [0.25, 0.3) is 0 Å². The first-order chi connectivity index (χ1) is 7.13. The molecular formula is C14H19N. The summed E-state index contributed by atoms with van der Waals surface area (Å²) in [5.74, 6) is 0.908. The smallest absolute Gasteiger partial charge is 0.0127 e. The third kappa shape index (κ3) is 1.19. The molecule has 1 heteroatoms. The maximum absolute atomic E-state index is 2.51. The summed E-state index contributed by atoms with van der Waals surface area (Å²) in [6.45, 7) is 5.78. The van der Waals surface area contributed by atoms with Gasteiger partial charge in [0.05, 0.1) is 0 Å². The average Bonchev–Trinajstić information content (AvgIpc) is 2.87. The maximum atomic E-state index is 2.51. The van der Waals surface area contributed by atoms with E-state index in [1.165, 1.54) is 18.5 Å². The van der Waals surface area contributed by atoms with Crippen molar-refractivity contribution in [2.45, 2.75) is 31.7 Å². The van der Waals surface area contributed by atoms with E-state index in [-0.39, 0.29) is 0 Å². The number of likely N-dealkylation sites (N-methyl/N-ethyl adjacent to an activating group) is 1. The molecule has 1 nitrogen and oxygen atoms in total. The first-order valence-corrected chi connectivity index (χ1v) is 5.91. The van der Waals surface area contributed by atoms with E-state index in [0.717, 1.165) is 12.0 Å². The van der Waals surface area contributed by atoms with E-state index in [0.29, 0.717) is 5.41 Å². The molecule has 1 aromatic rings. The first kappa shape index (κ1) is 9.41. The van der Waals surface area contributed by atoms with E-state index in [1.807, 2.05) is 0 Å². The number of hydrogen-bond donors (Lipinski definition) is 0. The molecule has 80 valence electrons. The molecule has 1 aliphatic heterocycles. The highest BCUT2D eigenvalue weighted by Crippen LogP contribution is 2.61.